The maximum atomic E-state index is 10.9. The Labute approximate surface area is 74.2 Å². The summed E-state index contributed by atoms with van der Waals surface area (Å²) in [6, 6.07) is 4.57. The van der Waals surface area contributed by atoms with Crippen LogP contribution in [0.1, 0.15) is 0 Å². The zero-order valence-corrected chi connectivity index (χ0v) is 7.28. The van der Waals surface area contributed by atoms with E-state index < -0.39 is 10.0 Å². The van der Waals surface area contributed by atoms with Crippen molar-refractivity contribution in [2.24, 2.45) is 5.14 Å². The molecule has 0 fully saturated rings. The molecule has 0 saturated carbocycles. The Kier molecular flexibility index (Phi) is 1.61. The summed E-state index contributed by atoms with van der Waals surface area (Å²) in [5.74, 6) is 0. The van der Waals surface area contributed by atoms with Crippen molar-refractivity contribution in [1.82, 2.24) is 4.98 Å². The van der Waals surface area contributed by atoms with Gasteiger partial charge in [-0.05, 0) is 12.1 Å². The second-order valence-electron chi connectivity index (χ2n) is 2.50. The Balaban J connectivity index is 2.77. The summed E-state index contributed by atoms with van der Waals surface area (Å²) >= 11 is 0. The van der Waals surface area contributed by atoms with E-state index in [1.807, 2.05) is 0 Å². The highest BCUT2D eigenvalue weighted by Gasteiger charge is 2.14. The van der Waals surface area contributed by atoms with Crippen LogP contribution in [0.5, 0.6) is 0 Å². The number of pyridine rings is 1. The molecule has 2 heterocycles. The van der Waals surface area contributed by atoms with Crippen LogP contribution in [0, 0.1) is 0 Å². The number of hydrogen-bond acceptors (Lipinski definition) is 4. The van der Waals surface area contributed by atoms with Crippen LogP contribution in [-0.4, -0.2) is 13.4 Å². The lowest BCUT2D eigenvalue weighted by molar-refractivity contribution is 0.482. The normalized spacial score (nSPS) is 12.1. The molecular weight excluding hydrogens is 192 g/mol. The number of fused-ring (bicyclic) bond motifs is 1. The molecule has 0 aromatic carbocycles. The zero-order chi connectivity index (χ0) is 9.47. The van der Waals surface area contributed by atoms with Crippen molar-refractivity contribution in [1.29, 1.82) is 0 Å². The molecule has 68 valence electrons. The van der Waals surface area contributed by atoms with E-state index in [4.69, 9.17) is 9.56 Å². The first-order valence-electron chi connectivity index (χ1n) is 3.45. The van der Waals surface area contributed by atoms with Crippen molar-refractivity contribution >= 4 is 21.1 Å². The second kappa shape index (κ2) is 2.54. The summed E-state index contributed by atoms with van der Waals surface area (Å²) in [6.45, 7) is 0. The van der Waals surface area contributed by atoms with Gasteiger partial charge in [-0.2, -0.15) is 0 Å². The van der Waals surface area contributed by atoms with E-state index in [-0.39, 0.29) is 5.09 Å². The summed E-state index contributed by atoms with van der Waals surface area (Å²) in [4.78, 5) is 3.90. The average molecular weight is 198 g/mol. The summed E-state index contributed by atoms with van der Waals surface area (Å²) in [5, 5.41) is 4.61. The van der Waals surface area contributed by atoms with Gasteiger partial charge in [0.15, 0.2) is 5.58 Å². The molecule has 0 atom stereocenters. The summed E-state index contributed by atoms with van der Waals surface area (Å²) in [7, 11) is -3.77. The van der Waals surface area contributed by atoms with Gasteiger partial charge in [0.05, 0.1) is 0 Å². The maximum absolute atomic E-state index is 10.9. The number of nitrogens with zero attached hydrogens (tertiary/aromatic N) is 1. The summed E-state index contributed by atoms with van der Waals surface area (Å²) in [6.07, 6.45) is 1.55. The molecule has 0 aliphatic heterocycles. The molecule has 2 aromatic rings. The van der Waals surface area contributed by atoms with Crippen molar-refractivity contribution in [3.8, 4) is 0 Å². The minimum Gasteiger partial charge on any atom is -0.442 e. The fourth-order valence-corrected chi connectivity index (χ4v) is 1.47. The molecule has 0 saturated heterocycles. The van der Waals surface area contributed by atoms with E-state index in [0.717, 1.165) is 0 Å². The molecule has 13 heavy (non-hydrogen) atoms. The van der Waals surface area contributed by atoms with Crippen molar-refractivity contribution in [2.45, 2.75) is 5.09 Å². The van der Waals surface area contributed by atoms with Crippen LogP contribution < -0.4 is 5.14 Å². The van der Waals surface area contributed by atoms with Crippen molar-refractivity contribution in [3.63, 3.8) is 0 Å². The minimum absolute atomic E-state index is 0.263. The van der Waals surface area contributed by atoms with E-state index in [0.29, 0.717) is 11.1 Å². The molecule has 0 amide bonds. The van der Waals surface area contributed by atoms with Crippen LogP contribution >= 0.6 is 0 Å². The largest absolute Gasteiger partial charge is 0.442 e. The van der Waals surface area contributed by atoms with Gasteiger partial charge in [0, 0.05) is 12.3 Å². The monoisotopic (exact) mass is 198 g/mol. The lowest BCUT2D eigenvalue weighted by Gasteiger charge is -1.87. The number of rotatable bonds is 1. The maximum Gasteiger partial charge on any atom is 0.271 e. The predicted molar refractivity (Wildman–Crippen MR) is 45.4 cm³/mol. The molecule has 6 heteroatoms. The highest BCUT2D eigenvalue weighted by Crippen LogP contribution is 2.18. The third-order valence-corrected chi connectivity index (χ3v) is 2.31. The molecule has 5 nitrogen and oxygen atoms in total. The molecule has 0 radical (unpaired) electrons. The topological polar surface area (TPSA) is 86.2 Å². The Hall–Kier alpha value is -1.40. The molecule has 2 rings (SSSR count). The van der Waals surface area contributed by atoms with Crippen molar-refractivity contribution < 1.29 is 12.8 Å². The molecule has 0 aliphatic rings. The smallest absolute Gasteiger partial charge is 0.271 e. The lowest BCUT2D eigenvalue weighted by atomic mass is 10.4. The third-order valence-electron chi connectivity index (χ3n) is 1.55. The van der Waals surface area contributed by atoms with Gasteiger partial charge >= 0.3 is 0 Å². The Morgan fingerprint density at radius 2 is 2.23 bits per heavy atom. The van der Waals surface area contributed by atoms with E-state index >= 15 is 0 Å². The van der Waals surface area contributed by atoms with Gasteiger partial charge in [0.25, 0.3) is 10.0 Å². The third kappa shape index (κ3) is 1.41. The van der Waals surface area contributed by atoms with E-state index in [1.165, 1.54) is 6.07 Å². The lowest BCUT2D eigenvalue weighted by Crippen LogP contribution is -2.10. The van der Waals surface area contributed by atoms with Gasteiger partial charge in [-0.25, -0.2) is 13.6 Å². The van der Waals surface area contributed by atoms with Crippen LogP contribution in [0.25, 0.3) is 11.1 Å². The van der Waals surface area contributed by atoms with Gasteiger partial charge in [-0.3, -0.25) is 4.98 Å². The van der Waals surface area contributed by atoms with Gasteiger partial charge in [0.2, 0.25) is 5.09 Å². The van der Waals surface area contributed by atoms with Gasteiger partial charge in [-0.15, -0.1) is 0 Å². The first-order valence-corrected chi connectivity index (χ1v) is 4.99. The zero-order valence-electron chi connectivity index (χ0n) is 6.47. The SMILES string of the molecule is NS(=O)(=O)c1cc2ncccc2o1. The Bertz CT molecular complexity index is 511. The molecular formula is C7H6N2O3S. The molecule has 0 bridgehead atoms. The van der Waals surface area contributed by atoms with E-state index in [9.17, 15) is 8.42 Å². The molecule has 2 N–H and O–H groups in total. The van der Waals surface area contributed by atoms with Crippen LogP contribution in [0.4, 0.5) is 0 Å². The molecule has 0 unspecified atom stereocenters. The number of sulfonamides is 1. The van der Waals surface area contributed by atoms with Gasteiger partial charge in [-0.1, -0.05) is 0 Å². The number of furan rings is 1. The van der Waals surface area contributed by atoms with Crippen LogP contribution in [0.15, 0.2) is 33.9 Å². The van der Waals surface area contributed by atoms with Crippen LogP contribution in [0.2, 0.25) is 0 Å². The van der Waals surface area contributed by atoms with E-state index in [1.54, 1.807) is 18.3 Å². The second-order valence-corrected chi connectivity index (χ2v) is 3.99. The minimum atomic E-state index is -3.77. The number of primary sulfonamides is 1. The molecule has 2 aromatic heterocycles. The number of aromatic nitrogens is 1. The fourth-order valence-electron chi connectivity index (χ4n) is 0.987. The average Bonchev–Trinajstić information content (AvgIpc) is 2.45. The first-order chi connectivity index (χ1) is 6.07. The summed E-state index contributed by atoms with van der Waals surface area (Å²) in [5.41, 5.74) is 0.887. The predicted octanol–water partition coefficient (Wildman–Crippen LogP) is 0.475. The van der Waals surface area contributed by atoms with E-state index in [2.05, 4.69) is 4.98 Å². The fraction of sp³-hybridized carbons (Fsp3) is 0. The van der Waals surface area contributed by atoms with Crippen LogP contribution in [-0.2, 0) is 10.0 Å². The standard InChI is InChI=1S/C7H6N2O3S/c8-13(10,11)7-4-5-6(12-7)2-1-3-9-5/h1-4H,(H2,8,10,11). The highest BCUT2D eigenvalue weighted by molar-refractivity contribution is 7.89. The summed E-state index contributed by atoms with van der Waals surface area (Å²) < 4.78 is 26.7. The van der Waals surface area contributed by atoms with Gasteiger partial charge in [0.1, 0.15) is 5.52 Å². The first kappa shape index (κ1) is 8.21. The number of hydrogen-bond donors (Lipinski definition) is 1. The Morgan fingerprint density at radius 3 is 2.85 bits per heavy atom. The molecule has 0 aliphatic carbocycles. The number of nitrogens with two attached hydrogens (primary N) is 1. The quantitative estimate of drug-likeness (QED) is 0.721. The highest BCUT2D eigenvalue weighted by atomic mass is 32.2. The van der Waals surface area contributed by atoms with Crippen molar-refractivity contribution in [3.05, 3.63) is 24.4 Å². The van der Waals surface area contributed by atoms with Crippen molar-refractivity contribution in [2.75, 3.05) is 0 Å². The Morgan fingerprint density at radius 1 is 1.46 bits per heavy atom. The van der Waals surface area contributed by atoms with Crippen LogP contribution in [0.3, 0.4) is 0 Å². The van der Waals surface area contributed by atoms with Gasteiger partial charge < -0.3 is 4.42 Å². The molecule has 0 spiro atoms.